The highest BCUT2D eigenvalue weighted by Crippen LogP contribution is 2.16. The van der Waals surface area contributed by atoms with Crippen molar-refractivity contribution in [1.82, 2.24) is 0 Å². The van der Waals surface area contributed by atoms with Crippen molar-refractivity contribution in [2.45, 2.75) is 6.92 Å². The molecular formula is C18H14ClN3O2. The van der Waals surface area contributed by atoms with E-state index in [2.05, 4.69) is 10.6 Å². The van der Waals surface area contributed by atoms with Gasteiger partial charge >= 0.3 is 0 Å². The third-order valence-corrected chi connectivity index (χ3v) is 3.26. The number of amides is 2. The summed E-state index contributed by atoms with van der Waals surface area (Å²) in [5.74, 6) is -0.691. The van der Waals surface area contributed by atoms with E-state index >= 15 is 0 Å². The Hall–Kier alpha value is -3.10. The van der Waals surface area contributed by atoms with Gasteiger partial charge in [0.05, 0.1) is 0 Å². The Kier molecular flexibility index (Phi) is 5.72. The van der Waals surface area contributed by atoms with Gasteiger partial charge < -0.3 is 10.6 Å². The van der Waals surface area contributed by atoms with E-state index in [1.807, 2.05) is 6.07 Å². The monoisotopic (exact) mass is 339 g/mol. The van der Waals surface area contributed by atoms with Crippen LogP contribution in [-0.4, -0.2) is 11.8 Å². The molecule has 0 heterocycles. The fourth-order valence-electron chi connectivity index (χ4n) is 1.91. The Labute approximate surface area is 144 Å². The van der Waals surface area contributed by atoms with Crippen LogP contribution in [0.4, 0.5) is 11.4 Å². The topological polar surface area (TPSA) is 82.0 Å². The second-order valence-electron chi connectivity index (χ2n) is 4.93. The molecule has 0 radical (unpaired) electrons. The summed E-state index contributed by atoms with van der Waals surface area (Å²) in [4.78, 5) is 23.1. The molecule has 0 saturated carbocycles. The van der Waals surface area contributed by atoms with Crippen molar-refractivity contribution < 1.29 is 9.59 Å². The van der Waals surface area contributed by atoms with Crippen LogP contribution in [0.3, 0.4) is 0 Å². The van der Waals surface area contributed by atoms with E-state index in [4.69, 9.17) is 11.6 Å². The van der Waals surface area contributed by atoms with Crippen molar-refractivity contribution in [2.24, 2.45) is 0 Å². The van der Waals surface area contributed by atoms with Crippen LogP contribution >= 0.6 is 11.6 Å². The minimum absolute atomic E-state index is 0.0248. The number of nitrogens with zero attached hydrogens (tertiary/aromatic N) is 1. The van der Waals surface area contributed by atoms with Crippen molar-refractivity contribution in [3.63, 3.8) is 0 Å². The molecule has 120 valence electrons. The van der Waals surface area contributed by atoms with Crippen LogP contribution in [0.15, 0.2) is 54.1 Å². The van der Waals surface area contributed by atoms with Crippen molar-refractivity contribution in [2.75, 3.05) is 10.6 Å². The quantitative estimate of drug-likeness (QED) is 0.655. The summed E-state index contributed by atoms with van der Waals surface area (Å²) < 4.78 is 0. The highest BCUT2D eigenvalue weighted by Gasteiger charge is 2.09. The SMILES string of the molecule is CC(=O)Nc1ccc(NC(=O)/C(C#N)=C/c2ccc(Cl)cc2)cc1. The number of carbonyl (C=O) groups excluding carboxylic acids is 2. The maximum absolute atomic E-state index is 12.2. The molecule has 0 fully saturated rings. The molecule has 0 aliphatic rings. The van der Waals surface area contributed by atoms with Gasteiger partial charge in [-0.1, -0.05) is 23.7 Å². The summed E-state index contributed by atoms with van der Waals surface area (Å²) >= 11 is 5.80. The van der Waals surface area contributed by atoms with Crippen LogP contribution in [-0.2, 0) is 9.59 Å². The Morgan fingerprint density at radius 2 is 1.54 bits per heavy atom. The van der Waals surface area contributed by atoms with Crippen molar-refractivity contribution in [3.05, 3.63) is 64.7 Å². The number of nitriles is 1. The number of halogens is 1. The average molecular weight is 340 g/mol. The van der Waals surface area contributed by atoms with Crippen LogP contribution in [0.25, 0.3) is 6.08 Å². The largest absolute Gasteiger partial charge is 0.326 e. The molecule has 0 saturated heterocycles. The van der Waals surface area contributed by atoms with Crippen LogP contribution in [0.2, 0.25) is 5.02 Å². The standard InChI is InChI=1S/C18H14ClN3O2/c1-12(23)21-16-6-8-17(9-7-16)22-18(24)14(11-20)10-13-2-4-15(19)5-3-13/h2-10H,1H3,(H,21,23)(H,22,24)/b14-10+. The maximum atomic E-state index is 12.2. The molecule has 2 rings (SSSR count). The van der Waals surface area contributed by atoms with Gasteiger partial charge in [-0.15, -0.1) is 0 Å². The number of nitrogens with one attached hydrogen (secondary N) is 2. The highest BCUT2D eigenvalue weighted by atomic mass is 35.5. The molecule has 0 unspecified atom stereocenters. The fraction of sp³-hybridized carbons (Fsp3) is 0.0556. The smallest absolute Gasteiger partial charge is 0.266 e. The highest BCUT2D eigenvalue weighted by molar-refractivity contribution is 6.30. The van der Waals surface area contributed by atoms with E-state index in [0.29, 0.717) is 22.0 Å². The van der Waals surface area contributed by atoms with Gasteiger partial charge in [-0.3, -0.25) is 9.59 Å². The molecule has 2 aromatic carbocycles. The van der Waals surface area contributed by atoms with Crippen LogP contribution in [0.5, 0.6) is 0 Å². The Bertz CT molecular complexity index is 819. The molecule has 2 N–H and O–H groups in total. The van der Waals surface area contributed by atoms with Crippen molar-refractivity contribution >= 4 is 40.9 Å². The van der Waals surface area contributed by atoms with E-state index in [9.17, 15) is 14.9 Å². The van der Waals surface area contributed by atoms with Crippen molar-refractivity contribution in [1.29, 1.82) is 5.26 Å². The summed E-state index contributed by atoms with van der Waals surface area (Å²) in [6, 6.07) is 15.3. The lowest BCUT2D eigenvalue weighted by Crippen LogP contribution is -2.13. The number of carbonyl (C=O) groups is 2. The van der Waals surface area contributed by atoms with Gasteiger partial charge in [-0.05, 0) is 48.0 Å². The lowest BCUT2D eigenvalue weighted by molar-refractivity contribution is -0.114. The molecule has 2 amide bonds. The van der Waals surface area contributed by atoms with Gasteiger partial charge in [0, 0.05) is 23.3 Å². The van der Waals surface area contributed by atoms with Gasteiger partial charge in [0.25, 0.3) is 5.91 Å². The van der Waals surface area contributed by atoms with Crippen LogP contribution < -0.4 is 10.6 Å². The van der Waals surface area contributed by atoms with Gasteiger partial charge in [0.15, 0.2) is 0 Å². The normalized spacial score (nSPS) is 10.6. The molecule has 0 spiro atoms. The molecule has 0 aromatic heterocycles. The third kappa shape index (κ3) is 4.97. The molecule has 2 aromatic rings. The summed E-state index contributed by atoms with van der Waals surface area (Å²) in [5, 5.41) is 15.0. The number of anilines is 2. The van der Waals surface area contributed by atoms with E-state index < -0.39 is 5.91 Å². The van der Waals surface area contributed by atoms with E-state index in [1.165, 1.54) is 13.0 Å². The predicted molar refractivity (Wildman–Crippen MR) is 94.4 cm³/mol. The van der Waals surface area contributed by atoms with Crippen LogP contribution in [0.1, 0.15) is 12.5 Å². The first kappa shape index (κ1) is 17.3. The first-order chi connectivity index (χ1) is 11.5. The zero-order valence-corrected chi connectivity index (χ0v) is 13.6. The van der Waals surface area contributed by atoms with E-state index in [0.717, 1.165) is 0 Å². The molecule has 0 aliphatic heterocycles. The van der Waals surface area contributed by atoms with Gasteiger partial charge in [-0.2, -0.15) is 5.26 Å². The second kappa shape index (κ2) is 7.95. The third-order valence-electron chi connectivity index (χ3n) is 3.01. The maximum Gasteiger partial charge on any atom is 0.266 e. The minimum atomic E-state index is -0.514. The molecule has 0 atom stereocenters. The first-order valence-corrected chi connectivity index (χ1v) is 7.42. The molecular weight excluding hydrogens is 326 g/mol. The molecule has 0 bridgehead atoms. The fourth-order valence-corrected chi connectivity index (χ4v) is 2.04. The minimum Gasteiger partial charge on any atom is -0.326 e. The van der Waals surface area contributed by atoms with E-state index in [-0.39, 0.29) is 11.5 Å². The predicted octanol–water partition coefficient (Wildman–Crippen LogP) is 3.84. The first-order valence-electron chi connectivity index (χ1n) is 7.04. The lowest BCUT2D eigenvalue weighted by atomic mass is 10.1. The van der Waals surface area contributed by atoms with E-state index in [1.54, 1.807) is 48.5 Å². The van der Waals surface area contributed by atoms with Gasteiger partial charge in [0.1, 0.15) is 11.6 Å². The average Bonchev–Trinajstić information content (AvgIpc) is 2.55. The second-order valence-corrected chi connectivity index (χ2v) is 5.37. The zero-order chi connectivity index (χ0) is 17.5. The van der Waals surface area contributed by atoms with Gasteiger partial charge in [0.2, 0.25) is 5.91 Å². The Morgan fingerprint density at radius 1 is 1.00 bits per heavy atom. The zero-order valence-electron chi connectivity index (χ0n) is 12.8. The summed E-state index contributed by atoms with van der Waals surface area (Å²) in [6.07, 6.45) is 1.48. The summed E-state index contributed by atoms with van der Waals surface area (Å²) in [7, 11) is 0. The number of rotatable bonds is 4. The molecule has 24 heavy (non-hydrogen) atoms. The van der Waals surface area contributed by atoms with Gasteiger partial charge in [-0.25, -0.2) is 0 Å². The molecule has 6 heteroatoms. The summed E-state index contributed by atoms with van der Waals surface area (Å²) in [6.45, 7) is 1.41. The van der Waals surface area contributed by atoms with Crippen molar-refractivity contribution in [3.8, 4) is 6.07 Å². The van der Waals surface area contributed by atoms with Crippen LogP contribution in [0, 0.1) is 11.3 Å². The Balaban J connectivity index is 2.10. The molecule has 0 aliphatic carbocycles. The number of benzene rings is 2. The lowest BCUT2D eigenvalue weighted by Gasteiger charge is -2.06. The number of hydrogen-bond donors (Lipinski definition) is 2. The Morgan fingerprint density at radius 3 is 2.04 bits per heavy atom. The number of hydrogen-bond acceptors (Lipinski definition) is 3. The summed E-state index contributed by atoms with van der Waals surface area (Å²) in [5.41, 5.74) is 1.82. The molecule has 5 nitrogen and oxygen atoms in total.